The topological polar surface area (TPSA) is 55.1 Å². The molecule has 0 saturated carbocycles. The molecule has 1 aliphatic rings. The second-order valence-electron chi connectivity index (χ2n) is 9.53. The highest BCUT2D eigenvalue weighted by molar-refractivity contribution is 5.90. The van der Waals surface area contributed by atoms with Crippen LogP contribution in [0.15, 0.2) is 97.2 Å². The molecule has 3 aromatic carbocycles. The SMILES string of the molecule is Cc1nn(-c2ccccc2)c2c1CN(C(=O)Nc1cccc(C(F)(F)F)c1)[C@H](c1cccc(F)c1)c1cccn1-2. The first-order valence-electron chi connectivity index (χ1n) is 12.5. The van der Waals surface area contributed by atoms with Crippen molar-refractivity contribution in [1.29, 1.82) is 0 Å². The molecule has 5 aromatic rings. The van der Waals surface area contributed by atoms with E-state index in [1.54, 1.807) is 16.8 Å². The van der Waals surface area contributed by atoms with Gasteiger partial charge in [-0.2, -0.15) is 18.3 Å². The average Bonchev–Trinajstić information content (AvgIpc) is 3.49. The normalized spacial score (nSPS) is 14.8. The van der Waals surface area contributed by atoms with Gasteiger partial charge < -0.3 is 14.8 Å². The molecule has 2 aromatic heterocycles. The second-order valence-corrected chi connectivity index (χ2v) is 9.53. The number of anilines is 1. The van der Waals surface area contributed by atoms with Crippen molar-refractivity contribution in [3.05, 3.63) is 131 Å². The molecule has 202 valence electrons. The van der Waals surface area contributed by atoms with E-state index in [4.69, 9.17) is 5.10 Å². The van der Waals surface area contributed by atoms with Crippen LogP contribution in [0.4, 0.5) is 28.0 Å². The Bertz CT molecular complexity index is 1710. The molecular weight excluding hydrogens is 522 g/mol. The number of aromatic nitrogens is 3. The summed E-state index contributed by atoms with van der Waals surface area (Å²) in [4.78, 5) is 15.4. The van der Waals surface area contributed by atoms with E-state index in [9.17, 15) is 22.4 Å². The van der Waals surface area contributed by atoms with Crippen molar-refractivity contribution in [3.8, 4) is 11.5 Å². The smallest absolute Gasteiger partial charge is 0.308 e. The zero-order valence-electron chi connectivity index (χ0n) is 21.2. The second kappa shape index (κ2) is 9.71. The summed E-state index contributed by atoms with van der Waals surface area (Å²) < 4.78 is 58.2. The maximum Gasteiger partial charge on any atom is 0.416 e. The Kier molecular flexibility index (Phi) is 6.17. The zero-order chi connectivity index (χ0) is 28.0. The number of alkyl halides is 3. The Morgan fingerprint density at radius 3 is 2.48 bits per heavy atom. The number of carbonyl (C=O) groups excluding carboxylic acids is 1. The Morgan fingerprint density at radius 1 is 0.950 bits per heavy atom. The number of hydrogen-bond donors (Lipinski definition) is 1. The monoisotopic (exact) mass is 545 g/mol. The minimum absolute atomic E-state index is 0.00521. The van der Waals surface area contributed by atoms with E-state index in [0.717, 1.165) is 29.2 Å². The molecule has 0 unspecified atom stereocenters. The van der Waals surface area contributed by atoms with Crippen LogP contribution >= 0.6 is 0 Å². The van der Waals surface area contributed by atoms with Crippen LogP contribution in [-0.4, -0.2) is 25.3 Å². The third kappa shape index (κ3) is 4.51. The van der Waals surface area contributed by atoms with Crippen molar-refractivity contribution in [1.82, 2.24) is 19.2 Å². The van der Waals surface area contributed by atoms with Gasteiger partial charge >= 0.3 is 12.2 Å². The lowest BCUT2D eigenvalue weighted by molar-refractivity contribution is -0.137. The number of hydrogen-bond acceptors (Lipinski definition) is 2. The van der Waals surface area contributed by atoms with Crippen LogP contribution in [0.25, 0.3) is 11.5 Å². The highest BCUT2D eigenvalue weighted by Gasteiger charge is 2.36. The van der Waals surface area contributed by atoms with E-state index in [0.29, 0.717) is 17.0 Å². The van der Waals surface area contributed by atoms with Crippen LogP contribution in [-0.2, 0) is 12.7 Å². The predicted molar refractivity (Wildman–Crippen MR) is 142 cm³/mol. The van der Waals surface area contributed by atoms with Crippen LogP contribution in [0.5, 0.6) is 0 Å². The summed E-state index contributed by atoms with van der Waals surface area (Å²) in [6.45, 7) is 1.91. The van der Waals surface area contributed by atoms with E-state index >= 15 is 0 Å². The van der Waals surface area contributed by atoms with E-state index in [2.05, 4.69) is 5.32 Å². The molecule has 0 spiro atoms. The van der Waals surface area contributed by atoms with Gasteiger partial charge in [0, 0.05) is 17.4 Å². The number of amides is 2. The van der Waals surface area contributed by atoms with Crippen molar-refractivity contribution in [2.24, 2.45) is 0 Å². The number of urea groups is 1. The van der Waals surface area contributed by atoms with Gasteiger partial charge in [0.15, 0.2) is 0 Å². The molecule has 3 heterocycles. The van der Waals surface area contributed by atoms with E-state index in [-0.39, 0.29) is 12.2 Å². The molecule has 0 radical (unpaired) electrons. The molecule has 0 aliphatic carbocycles. The lowest BCUT2D eigenvalue weighted by atomic mass is 10.0. The molecule has 1 N–H and O–H groups in total. The molecule has 6 rings (SSSR count). The van der Waals surface area contributed by atoms with Crippen LogP contribution < -0.4 is 5.32 Å². The van der Waals surface area contributed by atoms with Gasteiger partial charge in [-0.1, -0.05) is 36.4 Å². The average molecular weight is 546 g/mol. The van der Waals surface area contributed by atoms with Crippen LogP contribution in [0.3, 0.4) is 0 Å². The summed E-state index contributed by atoms with van der Waals surface area (Å²) in [5, 5.41) is 7.40. The summed E-state index contributed by atoms with van der Waals surface area (Å²) >= 11 is 0. The van der Waals surface area contributed by atoms with Crippen LogP contribution in [0, 0.1) is 12.7 Å². The lowest BCUT2D eigenvalue weighted by Gasteiger charge is -2.31. The van der Waals surface area contributed by atoms with Gasteiger partial charge in [-0.05, 0) is 67.1 Å². The quantitative estimate of drug-likeness (QED) is 0.243. The minimum atomic E-state index is -4.56. The first kappa shape index (κ1) is 25.4. The Morgan fingerprint density at radius 2 is 1.73 bits per heavy atom. The van der Waals surface area contributed by atoms with Crippen molar-refractivity contribution in [2.75, 3.05) is 5.32 Å². The number of halogens is 4. The van der Waals surface area contributed by atoms with Crippen LogP contribution in [0.2, 0.25) is 0 Å². The van der Waals surface area contributed by atoms with Crippen molar-refractivity contribution in [3.63, 3.8) is 0 Å². The number of fused-ring (bicyclic) bond motifs is 3. The van der Waals surface area contributed by atoms with Gasteiger partial charge in [-0.3, -0.25) is 0 Å². The van der Waals surface area contributed by atoms with Gasteiger partial charge in [0.25, 0.3) is 0 Å². The number of para-hydroxylation sites is 1. The highest BCUT2D eigenvalue weighted by atomic mass is 19.4. The van der Waals surface area contributed by atoms with Gasteiger partial charge in [-0.25, -0.2) is 13.9 Å². The lowest BCUT2D eigenvalue weighted by Crippen LogP contribution is -2.38. The Labute approximate surface area is 227 Å². The number of nitrogens with zero attached hydrogens (tertiary/aromatic N) is 4. The summed E-state index contributed by atoms with van der Waals surface area (Å²) in [5.41, 5.74) is 2.54. The summed E-state index contributed by atoms with van der Waals surface area (Å²) in [5.74, 6) is 0.252. The number of aryl methyl sites for hydroxylation is 1. The fraction of sp³-hybridized carbons (Fsp3) is 0.133. The molecule has 2 amide bonds. The van der Waals surface area contributed by atoms with Gasteiger partial charge in [-0.15, -0.1) is 0 Å². The molecule has 40 heavy (non-hydrogen) atoms. The zero-order valence-corrected chi connectivity index (χ0v) is 21.2. The summed E-state index contributed by atoms with van der Waals surface area (Å²) in [6.07, 6.45) is -2.71. The number of rotatable bonds is 3. The molecule has 10 heteroatoms. The highest BCUT2D eigenvalue weighted by Crippen LogP contribution is 2.39. The van der Waals surface area contributed by atoms with Crippen molar-refractivity contribution < 1.29 is 22.4 Å². The summed E-state index contributed by atoms with van der Waals surface area (Å²) in [7, 11) is 0. The van der Waals surface area contributed by atoms with Crippen molar-refractivity contribution in [2.45, 2.75) is 25.7 Å². The van der Waals surface area contributed by atoms with Gasteiger partial charge in [0.2, 0.25) is 0 Å². The molecule has 1 atom stereocenters. The van der Waals surface area contributed by atoms with Gasteiger partial charge in [0.05, 0.1) is 35.2 Å². The molecule has 0 saturated heterocycles. The fourth-order valence-electron chi connectivity index (χ4n) is 5.15. The molecular formula is C30H23F4N5O. The minimum Gasteiger partial charge on any atom is -0.308 e. The third-order valence-corrected chi connectivity index (χ3v) is 6.95. The Balaban J connectivity index is 1.51. The predicted octanol–water partition coefficient (Wildman–Crippen LogP) is 7.27. The standard InChI is InChI=1S/C30H23F4N5O/c1-19-25-18-38(29(40)35-23-11-6-9-21(17-23)30(32,33)34)27(20-8-5-10-22(31)16-20)26-14-7-15-37(26)28(25)39(36-19)24-12-3-2-4-13-24/h2-17,27H,18H2,1H3,(H,35,40)/t27-/m1/s1. The van der Waals surface area contributed by atoms with Crippen molar-refractivity contribution >= 4 is 11.7 Å². The number of nitrogens with one attached hydrogen (secondary N) is 1. The summed E-state index contributed by atoms with van der Waals surface area (Å²) in [6, 6.07) is 22.3. The maximum atomic E-state index is 14.5. The van der Waals surface area contributed by atoms with E-state index in [1.807, 2.05) is 60.2 Å². The molecule has 0 bridgehead atoms. The molecule has 0 fully saturated rings. The van der Waals surface area contributed by atoms with E-state index < -0.39 is 29.6 Å². The van der Waals surface area contributed by atoms with E-state index in [1.165, 1.54) is 29.2 Å². The number of benzene rings is 3. The fourth-order valence-corrected chi connectivity index (χ4v) is 5.15. The Hall–Kier alpha value is -4.86. The largest absolute Gasteiger partial charge is 0.416 e. The molecule has 1 aliphatic heterocycles. The number of carbonyl (C=O) groups is 1. The third-order valence-electron chi connectivity index (χ3n) is 6.95. The first-order chi connectivity index (χ1) is 19.2. The molecule has 6 nitrogen and oxygen atoms in total. The van der Waals surface area contributed by atoms with Gasteiger partial charge in [0.1, 0.15) is 11.6 Å². The maximum absolute atomic E-state index is 14.5. The van der Waals surface area contributed by atoms with Crippen LogP contribution in [0.1, 0.15) is 34.1 Å². The first-order valence-corrected chi connectivity index (χ1v) is 12.5.